The molecule has 0 heterocycles. The van der Waals surface area contributed by atoms with E-state index in [1.165, 1.54) is 25.7 Å². The molecule has 0 spiro atoms. The SMILES string of the molecule is CCC(C)(C)CNC1CCc2ccccc2C1. The van der Waals surface area contributed by atoms with Gasteiger partial charge in [0.25, 0.3) is 0 Å². The summed E-state index contributed by atoms with van der Waals surface area (Å²) in [6.45, 7) is 8.10. The van der Waals surface area contributed by atoms with Crippen molar-refractivity contribution in [3.05, 3.63) is 35.4 Å². The molecule has 17 heavy (non-hydrogen) atoms. The van der Waals surface area contributed by atoms with Crippen LogP contribution in [0.1, 0.15) is 44.7 Å². The Morgan fingerprint density at radius 2 is 1.94 bits per heavy atom. The first-order valence-corrected chi connectivity index (χ1v) is 6.91. The van der Waals surface area contributed by atoms with Crippen molar-refractivity contribution in [2.24, 2.45) is 5.41 Å². The molecule has 0 amide bonds. The largest absolute Gasteiger partial charge is 0.313 e. The Kier molecular flexibility index (Phi) is 3.88. The van der Waals surface area contributed by atoms with Crippen LogP contribution in [-0.2, 0) is 12.8 Å². The minimum absolute atomic E-state index is 0.428. The Labute approximate surface area is 106 Å². The van der Waals surface area contributed by atoms with E-state index in [9.17, 15) is 0 Å². The highest BCUT2D eigenvalue weighted by Gasteiger charge is 2.21. The lowest BCUT2D eigenvalue weighted by atomic mass is 9.86. The van der Waals surface area contributed by atoms with Crippen LogP contribution in [0.3, 0.4) is 0 Å². The number of nitrogens with one attached hydrogen (secondary N) is 1. The van der Waals surface area contributed by atoms with E-state index < -0.39 is 0 Å². The zero-order chi connectivity index (χ0) is 12.3. The van der Waals surface area contributed by atoms with Gasteiger partial charge in [0.1, 0.15) is 0 Å². The summed E-state index contributed by atoms with van der Waals surface area (Å²) in [6.07, 6.45) is 4.97. The number of fused-ring (bicyclic) bond motifs is 1. The van der Waals surface area contributed by atoms with E-state index >= 15 is 0 Å². The smallest absolute Gasteiger partial charge is 0.0111 e. The highest BCUT2D eigenvalue weighted by Crippen LogP contribution is 2.23. The van der Waals surface area contributed by atoms with Gasteiger partial charge < -0.3 is 5.32 Å². The molecular formula is C16H25N. The summed E-state index contributed by atoms with van der Waals surface area (Å²) >= 11 is 0. The molecule has 1 aromatic carbocycles. The first-order valence-electron chi connectivity index (χ1n) is 6.91. The van der Waals surface area contributed by atoms with Gasteiger partial charge in [-0.3, -0.25) is 0 Å². The molecule has 1 aliphatic rings. The molecule has 94 valence electrons. The van der Waals surface area contributed by atoms with Crippen LogP contribution in [0, 0.1) is 5.41 Å². The summed E-state index contributed by atoms with van der Waals surface area (Å²) in [5, 5.41) is 3.75. The van der Waals surface area contributed by atoms with Crippen molar-refractivity contribution in [3.8, 4) is 0 Å². The molecule has 1 aromatic rings. The molecule has 0 fully saturated rings. The third kappa shape index (κ3) is 3.32. The molecule has 0 saturated heterocycles. The summed E-state index contributed by atoms with van der Waals surface area (Å²) in [7, 11) is 0. The number of hydrogen-bond donors (Lipinski definition) is 1. The minimum atomic E-state index is 0.428. The Balaban J connectivity index is 1.90. The monoisotopic (exact) mass is 231 g/mol. The predicted octanol–water partition coefficient (Wildman–Crippen LogP) is 3.57. The first kappa shape index (κ1) is 12.6. The molecule has 0 radical (unpaired) electrons. The van der Waals surface area contributed by atoms with Crippen LogP contribution in [0.4, 0.5) is 0 Å². The summed E-state index contributed by atoms with van der Waals surface area (Å²) in [5.41, 5.74) is 3.53. The molecule has 1 heteroatoms. The van der Waals surface area contributed by atoms with Crippen LogP contribution in [0.2, 0.25) is 0 Å². The normalized spacial score (nSPS) is 20.1. The van der Waals surface area contributed by atoms with Gasteiger partial charge in [0.15, 0.2) is 0 Å². The van der Waals surface area contributed by atoms with E-state index in [-0.39, 0.29) is 0 Å². The fraction of sp³-hybridized carbons (Fsp3) is 0.625. The average molecular weight is 231 g/mol. The van der Waals surface area contributed by atoms with Crippen LogP contribution in [0.5, 0.6) is 0 Å². The molecule has 0 aliphatic heterocycles. The fourth-order valence-electron chi connectivity index (χ4n) is 2.42. The van der Waals surface area contributed by atoms with Crippen molar-refractivity contribution in [2.45, 2.75) is 52.5 Å². The van der Waals surface area contributed by atoms with Gasteiger partial charge >= 0.3 is 0 Å². The standard InChI is InChI=1S/C16H25N/c1-4-16(2,3)12-17-15-10-9-13-7-5-6-8-14(13)11-15/h5-8,15,17H,4,9-12H2,1-3H3. The third-order valence-corrected chi connectivity index (χ3v) is 4.17. The minimum Gasteiger partial charge on any atom is -0.313 e. The van der Waals surface area contributed by atoms with E-state index in [1.54, 1.807) is 11.1 Å². The van der Waals surface area contributed by atoms with Crippen LogP contribution in [-0.4, -0.2) is 12.6 Å². The van der Waals surface area contributed by atoms with E-state index in [2.05, 4.69) is 50.4 Å². The highest BCUT2D eigenvalue weighted by atomic mass is 14.9. The van der Waals surface area contributed by atoms with Crippen molar-refractivity contribution in [2.75, 3.05) is 6.54 Å². The Hall–Kier alpha value is -0.820. The van der Waals surface area contributed by atoms with E-state index in [0.29, 0.717) is 11.5 Å². The number of aryl methyl sites for hydroxylation is 1. The fourth-order valence-corrected chi connectivity index (χ4v) is 2.42. The molecule has 0 aromatic heterocycles. The molecule has 1 nitrogen and oxygen atoms in total. The molecule has 1 atom stereocenters. The van der Waals surface area contributed by atoms with Crippen molar-refractivity contribution >= 4 is 0 Å². The highest BCUT2D eigenvalue weighted by molar-refractivity contribution is 5.30. The lowest BCUT2D eigenvalue weighted by Gasteiger charge is -2.30. The first-order chi connectivity index (χ1) is 8.11. The number of rotatable bonds is 4. The van der Waals surface area contributed by atoms with Gasteiger partial charge in [-0.15, -0.1) is 0 Å². The average Bonchev–Trinajstić information content (AvgIpc) is 2.36. The topological polar surface area (TPSA) is 12.0 Å². The maximum atomic E-state index is 3.75. The van der Waals surface area contributed by atoms with Crippen LogP contribution in [0.25, 0.3) is 0 Å². The zero-order valence-electron chi connectivity index (χ0n) is 11.4. The lowest BCUT2D eigenvalue weighted by molar-refractivity contribution is 0.299. The summed E-state index contributed by atoms with van der Waals surface area (Å²) < 4.78 is 0. The molecule has 0 bridgehead atoms. The second kappa shape index (κ2) is 5.22. The summed E-state index contributed by atoms with van der Waals surface area (Å²) in [6, 6.07) is 9.57. The van der Waals surface area contributed by atoms with Gasteiger partial charge in [0.2, 0.25) is 0 Å². The van der Waals surface area contributed by atoms with Gasteiger partial charge in [-0.25, -0.2) is 0 Å². The van der Waals surface area contributed by atoms with Gasteiger partial charge in [-0.2, -0.15) is 0 Å². The van der Waals surface area contributed by atoms with Gasteiger partial charge in [-0.1, -0.05) is 45.0 Å². The predicted molar refractivity (Wildman–Crippen MR) is 74.3 cm³/mol. The molecule has 1 aliphatic carbocycles. The van der Waals surface area contributed by atoms with Gasteiger partial charge in [0, 0.05) is 12.6 Å². The molecule has 1 N–H and O–H groups in total. The van der Waals surface area contributed by atoms with Crippen molar-refractivity contribution in [1.82, 2.24) is 5.32 Å². The van der Waals surface area contributed by atoms with Crippen LogP contribution in [0.15, 0.2) is 24.3 Å². The lowest BCUT2D eigenvalue weighted by Crippen LogP contribution is -2.40. The summed E-state index contributed by atoms with van der Waals surface area (Å²) in [4.78, 5) is 0. The van der Waals surface area contributed by atoms with E-state index in [4.69, 9.17) is 0 Å². The van der Waals surface area contributed by atoms with Gasteiger partial charge in [-0.05, 0) is 42.2 Å². The van der Waals surface area contributed by atoms with Crippen LogP contribution < -0.4 is 5.32 Å². The maximum absolute atomic E-state index is 3.75. The third-order valence-electron chi connectivity index (χ3n) is 4.17. The molecule has 2 rings (SSSR count). The van der Waals surface area contributed by atoms with E-state index in [0.717, 1.165) is 6.54 Å². The Morgan fingerprint density at radius 3 is 2.65 bits per heavy atom. The van der Waals surface area contributed by atoms with Gasteiger partial charge in [0.05, 0.1) is 0 Å². The molecule has 0 saturated carbocycles. The summed E-state index contributed by atoms with van der Waals surface area (Å²) in [5.74, 6) is 0. The van der Waals surface area contributed by atoms with Crippen molar-refractivity contribution in [3.63, 3.8) is 0 Å². The van der Waals surface area contributed by atoms with E-state index in [1.807, 2.05) is 0 Å². The van der Waals surface area contributed by atoms with Crippen molar-refractivity contribution in [1.29, 1.82) is 0 Å². The Bertz CT molecular complexity index is 368. The second-order valence-corrected chi connectivity index (χ2v) is 6.11. The number of benzene rings is 1. The molecular weight excluding hydrogens is 206 g/mol. The quantitative estimate of drug-likeness (QED) is 0.835. The Morgan fingerprint density at radius 1 is 1.24 bits per heavy atom. The molecule has 1 unspecified atom stereocenters. The second-order valence-electron chi connectivity index (χ2n) is 6.11. The van der Waals surface area contributed by atoms with Crippen molar-refractivity contribution < 1.29 is 0 Å². The maximum Gasteiger partial charge on any atom is 0.0111 e. The number of hydrogen-bond acceptors (Lipinski definition) is 1. The zero-order valence-corrected chi connectivity index (χ0v) is 11.4. The van der Waals surface area contributed by atoms with Crippen LogP contribution >= 0.6 is 0 Å².